The molecule has 0 aromatic heterocycles. The fourth-order valence-electron chi connectivity index (χ4n) is 2.40. The third kappa shape index (κ3) is 5.70. The summed E-state index contributed by atoms with van der Waals surface area (Å²) in [5.41, 5.74) is 3.90. The fourth-order valence-corrected chi connectivity index (χ4v) is 2.57. The molecule has 3 heteroatoms. The minimum atomic E-state index is 0. The van der Waals surface area contributed by atoms with Gasteiger partial charge < -0.3 is 4.90 Å². The van der Waals surface area contributed by atoms with E-state index in [0.29, 0.717) is 0 Å². The maximum absolute atomic E-state index is 6.16. The van der Waals surface area contributed by atoms with E-state index in [1.807, 2.05) is 12.1 Å². The monoisotopic (exact) mass is 323 g/mol. The van der Waals surface area contributed by atoms with Gasteiger partial charge in [0, 0.05) is 5.02 Å². The van der Waals surface area contributed by atoms with Crippen LogP contribution in [0.25, 0.3) is 11.1 Å². The molecule has 2 aromatic carbocycles. The molecule has 0 spiro atoms. The lowest BCUT2D eigenvalue weighted by Gasteiger charge is -2.12. The van der Waals surface area contributed by atoms with Gasteiger partial charge in [-0.2, -0.15) is 0 Å². The van der Waals surface area contributed by atoms with E-state index in [9.17, 15) is 0 Å². The molecule has 0 fully saturated rings. The summed E-state index contributed by atoms with van der Waals surface area (Å²) in [4.78, 5) is 2.24. The van der Waals surface area contributed by atoms with Crippen LogP contribution in [0.1, 0.15) is 18.4 Å². The Labute approximate surface area is 139 Å². The molecule has 2 aromatic rings. The highest BCUT2D eigenvalue weighted by Gasteiger charge is 2.06. The quantitative estimate of drug-likeness (QED) is 0.651. The Bertz CT molecular complexity index is 538. The first-order valence-electron chi connectivity index (χ1n) is 7.15. The van der Waals surface area contributed by atoms with Crippen LogP contribution in [0.2, 0.25) is 5.02 Å². The summed E-state index contributed by atoms with van der Waals surface area (Å²) in [5.74, 6) is 0. The molecule has 2 rings (SSSR count). The second-order valence-corrected chi connectivity index (χ2v) is 5.86. The number of halogens is 2. The first-order chi connectivity index (χ1) is 9.66. The van der Waals surface area contributed by atoms with Gasteiger partial charge in [-0.25, -0.2) is 0 Å². The molecule has 1 nitrogen and oxygen atoms in total. The summed E-state index contributed by atoms with van der Waals surface area (Å²) in [6, 6.07) is 16.7. The van der Waals surface area contributed by atoms with Gasteiger partial charge in [-0.05, 0) is 68.7 Å². The average Bonchev–Trinajstić information content (AvgIpc) is 2.45. The van der Waals surface area contributed by atoms with Gasteiger partial charge in [-0.3, -0.25) is 0 Å². The summed E-state index contributed by atoms with van der Waals surface area (Å²) in [5, 5.41) is 0.806. The first kappa shape index (κ1) is 18.0. The van der Waals surface area contributed by atoms with Crippen molar-refractivity contribution in [3.63, 3.8) is 0 Å². The van der Waals surface area contributed by atoms with Crippen molar-refractivity contribution in [2.45, 2.75) is 19.3 Å². The molecule has 0 aliphatic rings. The number of rotatable bonds is 6. The molecule has 0 saturated carbocycles. The highest BCUT2D eigenvalue weighted by atomic mass is 35.5. The van der Waals surface area contributed by atoms with Crippen LogP contribution in [0.4, 0.5) is 0 Å². The van der Waals surface area contributed by atoms with Crippen LogP contribution < -0.4 is 0 Å². The van der Waals surface area contributed by atoms with Gasteiger partial charge in [0.1, 0.15) is 0 Å². The lowest BCUT2D eigenvalue weighted by Crippen LogP contribution is -2.12. The van der Waals surface area contributed by atoms with Gasteiger partial charge in [0.15, 0.2) is 0 Å². The third-order valence-corrected chi connectivity index (χ3v) is 3.69. The Balaban J connectivity index is 0.00000220. The standard InChI is InChI=1S/C18H22ClN.ClH/c1-20(2)13-7-6-10-16-11-12-17(19)14-18(16)15-8-4-3-5-9-15;/h3-5,8-9,11-12,14H,6-7,10,13H2,1-2H3;1H. The fraction of sp³-hybridized carbons (Fsp3) is 0.333. The van der Waals surface area contributed by atoms with E-state index in [1.54, 1.807) is 0 Å². The van der Waals surface area contributed by atoms with Crippen molar-refractivity contribution >= 4 is 24.0 Å². The SMILES string of the molecule is CN(C)CCCCc1ccc(Cl)cc1-c1ccccc1.Cl. The van der Waals surface area contributed by atoms with Crippen molar-refractivity contribution in [2.24, 2.45) is 0 Å². The molecule has 0 unspecified atom stereocenters. The van der Waals surface area contributed by atoms with Crippen LogP contribution >= 0.6 is 24.0 Å². The van der Waals surface area contributed by atoms with Crippen LogP contribution in [-0.4, -0.2) is 25.5 Å². The predicted molar refractivity (Wildman–Crippen MR) is 95.6 cm³/mol. The maximum atomic E-state index is 6.16. The summed E-state index contributed by atoms with van der Waals surface area (Å²) in [6.07, 6.45) is 3.54. The molecule has 0 amide bonds. The lowest BCUT2D eigenvalue weighted by molar-refractivity contribution is 0.394. The van der Waals surface area contributed by atoms with Gasteiger partial charge >= 0.3 is 0 Å². The third-order valence-electron chi connectivity index (χ3n) is 3.46. The molecule has 0 heterocycles. The van der Waals surface area contributed by atoms with Crippen LogP contribution in [-0.2, 0) is 6.42 Å². The van der Waals surface area contributed by atoms with Gasteiger partial charge in [0.2, 0.25) is 0 Å². The Morgan fingerprint density at radius 1 is 0.952 bits per heavy atom. The minimum Gasteiger partial charge on any atom is -0.309 e. The van der Waals surface area contributed by atoms with E-state index < -0.39 is 0 Å². The van der Waals surface area contributed by atoms with Crippen molar-refractivity contribution in [3.8, 4) is 11.1 Å². The highest BCUT2D eigenvalue weighted by molar-refractivity contribution is 6.30. The Morgan fingerprint density at radius 2 is 1.67 bits per heavy atom. The van der Waals surface area contributed by atoms with Gasteiger partial charge in [0.25, 0.3) is 0 Å². The molecule has 0 bridgehead atoms. The van der Waals surface area contributed by atoms with E-state index in [0.717, 1.165) is 18.0 Å². The smallest absolute Gasteiger partial charge is 0.0412 e. The second-order valence-electron chi connectivity index (χ2n) is 5.43. The van der Waals surface area contributed by atoms with Crippen LogP contribution in [0.3, 0.4) is 0 Å². The number of nitrogens with zero attached hydrogens (tertiary/aromatic N) is 1. The Morgan fingerprint density at radius 3 is 2.33 bits per heavy atom. The van der Waals surface area contributed by atoms with E-state index >= 15 is 0 Å². The number of hydrogen-bond acceptors (Lipinski definition) is 1. The zero-order valence-corrected chi connectivity index (χ0v) is 14.3. The Hall–Kier alpha value is -1.02. The second kappa shape index (κ2) is 9.09. The van der Waals surface area contributed by atoms with Crippen LogP contribution in [0.15, 0.2) is 48.5 Å². The first-order valence-corrected chi connectivity index (χ1v) is 7.53. The molecule has 114 valence electrons. The van der Waals surface area contributed by atoms with Crippen LogP contribution in [0, 0.1) is 0 Å². The summed E-state index contributed by atoms with van der Waals surface area (Å²) in [7, 11) is 4.25. The van der Waals surface area contributed by atoms with Crippen LogP contribution in [0.5, 0.6) is 0 Å². The molecule has 21 heavy (non-hydrogen) atoms. The lowest BCUT2D eigenvalue weighted by atomic mass is 9.96. The minimum absolute atomic E-state index is 0. The number of aryl methyl sites for hydroxylation is 1. The van der Waals surface area contributed by atoms with Gasteiger partial charge in [0.05, 0.1) is 0 Å². The van der Waals surface area contributed by atoms with Crippen molar-refractivity contribution in [1.29, 1.82) is 0 Å². The summed E-state index contributed by atoms with van der Waals surface area (Å²) < 4.78 is 0. The number of unbranched alkanes of at least 4 members (excludes halogenated alkanes) is 1. The van der Waals surface area contributed by atoms with Crippen molar-refractivity contribution < 1.29 is 0 Å². The normalized spacial score (nSPS) is 10.5. The average molecular weight is 324 g/mol. The number of hydrogen-bond donors (Lipinski definition) is 0. The molecule has 0 aliphatic carbocycles. The molecule has 0 radical (unpaired) electrons. The molecular weight excluding hydrogens is 301 g/mol. The Kier molecular flexibility index (Phi) is 7.81. The predicted octanol–water partition coefficient (Wildman–Crippen LogP) is 5.31. The highest BCUT2D eigenvalue weighted by Crippen LogP contribution is 2.28. The molecule has 0 N–H and O–H groups in total. The van der Waals surface area contributed by atoms with E-state index in [4.69, 9.17) is 11.6 Å². The zero-order chi connectivity index (χ0) is 14.4. The largest absolute Gasteiger partial charge is 0.309 e. The van der Waals surface area contributed by atoms with Crippen molar-refractivity contribution in [3.05, 3.63) is 59.1 Å². The van der Waals surface area contributed by atoms with E-state index in [1.165, 1.54) is 29.5 Å². The van der Waals surface area contributed by atoms with Crippen molar-refractivity contribution in [1.82, 2.24) is 4.90 Å². The maximum Gasteiger partial charge on any atom is 0.0412 e. The topological polar surface area (TPSA) is 3.24 Å². The molecular formula is C18H23Cl2N. The van der Waals surface area contributed by atoms with Crippen molar-refractivity contribution in [2.75, 3.05) is 20.6 Å². The van der Waals surface area contributed by atoms with E-state index in [-0.39, 0.29) is 12.4 Å². The molecule has 0 aliphatic heterocycles. The molecule has 0 atom stereocenters. The van der Waals surface area contributed by atoms with Gasteiger partial charge in [-0.15, -0.1) is 12.4 Å². The summed E-state index contributed by atoms with van der Waals surface area (Å²) >= 11 is 6.16. The van der Waals surface area contributed by atoms with E-state index in [2.05, 4.69) is 55.4 Å². The van der Waals surface area contributed by atoms with Gasteiger partial charge in [-0.1, -0.05) is 48.0 Å². The summed E-state index contributed by atoms with van der Waals surface area (Å²) in [6.45, 7) is 1.15. The number of benzene rings is 2. The molecule has 0 saturated heterocycles. The zero-order valence-electron chi connectivity index (χ0n) is 12.7.